The molecule has 0 amide bonds. The topological polar surface area (TPSA) is 86.4 Å². The van der Waals surface area contributed by atoms with Crippen LogP contribution in [0, 0.1) is 11.3 Å². The molecule has 5 rings (SSSR count). The molecule has 3 aromatic rings. The number of nitrogens with one attached hydrogen (secondary N) is 1. The number of aromatic nitrogens is 5. The second-order valence-electron chi connectivity index (χ2n) is 7.41. The molecule has 1 aliphatic carbocycles. The maximum absolute atomic E-state index is 9.36. The summed E-state index contributed by atoms with van der Waals surface area (Å²) in [6, 6.07) is 4.91. The van der Waals surface area contributed by atoms with Gasteiger partial charge in [0.05, 0.1) is 24.4 Å². The highest BCUT2D eigenvalue weighted by atomic mass is 15.4. The van der Waals surface area contributed by atoms with Crippen LogP contribution >= 0.6 is 0 Å². The summed E-state index contributed by atoms with van der Waals surface area (Å²) >= 11 is 0. The minimum atomic E-state index is -0.242. The summed E-state index contributed by atoms with van der Waals surface area (Å²) < 4.78 is 1.97. The molecule has 3 aromatic heterocycles. The molecule has 0 radical (unpaired) electrons. The van der Waals surface area contributed by atoms with Crippen molar-refractivity contribution in [3.05, 3.63) is 43.1 Å². The van der Waals surface area contributed by atoms with Crippen molar-refractivity contribution in [1.82, 2.24) is 29.6 Å². The third-order valence-electron chi connectivity index (χ3n) is 5.66. The van der Waals surface area contributed by atoms with Crippen LogP contribution in [0.5, 0.6) is 0 Å². The van der Waals surface area contributed by atoms with Gasteiger partial charge in [0.15, 0.2) is 0 Å². The molecule has 2 aliphatic rings. The van der Waals surface area contributed by atoms with E-state index in [1.807, 2.05) is 29.3 Å². The standard InChI is InChI=1S/C19H19N7/c1-13-6-15(7-13)25-10-19(11-25,3-4-20)26-9-14(8-24-26)17-16-2-5-21-18(16)23-12-22-17/h2,5,8-9,12,15H,1,3,6-7,10-11H2,(H,21,22,23). The molecule has 7 heteroatoms. The van der Waals surface area contributed by atoms with Gasteiger partial charge in [0.25, 0.3) is 0 Å². The van der Waals surface area contributed by atoms with Gasteiger partial charge in [0.1, 0.15) is 17.5 Å². The lowest BCUT2D eigenvalue weighted by atomic mass is 9.79. The highest BCUT2D eigenvalue weighted by Gasteiger charge is 2.49. The van der Waals surface area contributed by atoms with E-state index in [1.54, 1.807) is 6.33 Å². The van der Waals surface area contributed by atoms with Crippen molar-refractivity contribution in [2.75, 3.05) is 13.1 Å². The van der Waals surface area contributed by atoms with Crippen molar-refractivity contribution in [3.63, 3.8) is 0 Å². The molecule has 7 nitrogen and oxygen atoms in total. The van der Waals surface area contributed by atoms with Gasteiger partial charge in [-0.15, -0.1) is 0 Å². The van der Waals surface area contributed by atoms with Gasteiger partial charge in [0, 0.05) is 42.5 Å². The number of aromatic amines is 1. The Morgan fingerprint density at radius 2 is 2.19 bits per heavy atom. The first kappa shape index (κ1) is 15.3. The number of likely N-dealkylation sites (tertiary alicyclic amines) is 1. The SMILES string of the molecule is C=C1CC(N2CC(CC#N)(n3cc(-c4ncnc5[nH]ccc45)cn3)C2)C1. The van der Waals surface area contributed by atoms with E-state index in [0.717, 1.165) is 48.2 Å². The van der Waals surface area contributed by atoms with Gasteiger partial charge in [-0.25, -0.2) is 9.97 Å². The lowest BCUT2D eigenvalue weighted by Gasteiger charge is -2.54. The average molecular weight is 345 g/mol. The van der Waals surface area contributed by atoms with Crippen molar-refractivity contribution >= 4 is 11.0 Å². The van der Waals surface area contributed by atoms with Gasteiger partial charge in [-0.3, -0.25) is 9.58 Å². The Balaban J connectivity index is 1.44. The van der Waals surface area contributed by atoms with E-state index < -0.39 is 0 Å². The zero-order valence-electron chi connectivity index (χ0n) is 14.4. The number of hydrogen-bond donors (Lipinski definition) is 1. The Morgan fingerprint density at radius 3 is 2.96 bits per heavy atom. The maximum atomic E-state index is 9.36. The van der Waals surface area contributed by atoms with Crippen molar-refractivity contribution in [1.29, 1.82) is 5.26 Å². The van der Waals surface area contributed by atoms with E-state index in [-0.39, 0.29) is 5.54 Å². The van der Waals surface area contributed by atoms with Crippen LogP contribution in [0.15, 0.2) is 43.1 Å². The second kappa shape index (κ2) is 5.51. The fourth-order valence-corrected chi connectivity index (χ4v) is 4.12. The minimum Gasteiger partial charge on any atom is -0.346 e. The smallest absolute Gasteiger partial charge is 0.141 e. The fraction of sp³-hybridized carbons (Fsp3) is 0.368. The summed E-state index contributed by atoms with van der Waals surface area (Å²) in [6.07, 6.45) is 9.90. The Bertz CT molecular complexity index is 1020. The Morgan fingerprint density at radius 1 is 1.35 bits per heavy atom. The summed E-state index contributed by atoms with van der Waals surface area (Å²) in [4.78, 5) is 14.2. The van der Waals surface area contributed by atoms with Crippen LogP contribution in [0.4, 0.5) is 0 Å². The van der Waals surface area contributed by atoms with Gasteiger partial charge < -0.3 is 4.98 Å². The first-order chi connectivity index (χ1) is 12.7. The number of rotatable bonds is 4. The van der Waals surface area contributed by atoms with E-state index in [9.17, 15) is 5.26 Å². The first-order valence-corrected chi connectivity index (χ1v) is 8.80. The summed E-state index contributed by atoms with van der Waals surface area (Å²) in [7, 11) is 0. The van der Waals surface area contributed by atoms with Crippen LogP contribution in [0.2, 0.25) is 0 Å². The molecule has 0 bridgehead atoms. The fourth-order valence-electron chi connectivity index (χ4n) is 4.12. The molecular weight excluding hydrogens is 326 g/mol. The zero-order valence-corrected chi connectivity index (χ0v) is 14.4. The average Bonchev–Trinajstić information content (AvgIpc) is 3.24. The second-order valence-corrected chi connectivity index (χ2v) is 7.41. The molecule has 0 aromatic carbocycles. The Hall–Kier alpha value is -2.98. The number of nitrogens with zero attached hydrogens (tertiary/aromatic N) is 6. The summed E-state index contributed by atoms with van der Waals surface area (Å²) in [5.41, 5.74) is 3.71. The van der Waals surface area contributed by atoms with Crippen LogP contribution in [-0.4, -0.2) is 48.8 Å². The monoisotopic (exact) mass is 345 g/mol. The Kier molecular flexibility index (Phi) is 3.24. The van der Waals surface area contributed by atoms with Gasteiger partial charge in [-0.2, -0.15) is 10.4 Å². The molecular formula is C19H19N7. The molecule has 1 aliphatic heterocycles. The van der Waals surface area contributed by atoms with Crippen LogP contribution in [-0.2, 0) is 5.54 Å². The van der Waals surface area contributed by atoms with Crippen molar-refractivity contribution in [2.45, 2.75) is 30.8 Å². The van der Waals surface area contributed by atoms with Gasteiger partial charge >= 0.3 is 0 Å². The molecule has 130 valence electrons. The quantitative estimate of drug-likeness (QED) is 0.734. The third kappa shape index (κ3) is 2.19. The van der Waals surface area contributed by atoms with Crippen LogP contribution in [0.1, 0.15) is 19.3 Å². The molecule has 1 saturated heterocycles. The molecule has 4 heterocycles. The number of nitriles is 1. The summed E-state index contributed by atoms with van der Waals surface area (Å²) in [5, 5.41) is 14.9. The predicted molar refractivity (Wildman–Crippen MR) is 97.0 cm³/mol. The van der Waals surface area contributed by atoms with Crippen LogP contribution in [0.25, 0.3) is 22.3 Å². The molecule has 1 saturated carbocycles. The van der Waals surface area contributed by atoms with Crippen molar-refractivity contribution in [2.24, 2.45) is 0 Å². The number of hydrogen-bond acceptors (Lipinski definition) is 5. The molecule has 0 atom stereocenters. The largest absolute Gasteiger partial charge is 0.346 e. The predicted octanol–water partition coefficient (Wildman–Crippen LogP) is 2.46. The molecule has 2 fully saturated rings. The van der Waals surface area contributed by atoms with Gasteiger partial charge in [-0.05, 0) is 18.9 Å². The third-order valence-corrected chi connectivity index (χ3v) is 5.66. The van der Waals surface area contributed by atoms with Crippen LogP contribution in [0.3, 0.4) is 0 Å². The van der Waals surface area contributed by atoms with E-state index in [0.29, 0.717) is 12.5 Å². The minimum absolute atomic E-state index is 0.242. The Labute approximate surface area is 151 Å². The van der Waals surface area contributed by atoms with E-state index in [4.69, 9.17) is 0 Å². The highest BCUT2D eigenvalue weighted by molar-refractivity contribution is 5.89. The lowest BCUT2D eigenvalue weighted by Crippen LogP contribution is -2.66. The van der Waals surface area contributed by atoms with Crippen molar-refractivity contribution < 1.29 is 0 Å². The van der Waals surface area contributed by atoms with E-state index in [1.165, 1.54) is 5.57 Å². The van der Waals surface area contributed by atoms with Crippen LogP contribution < -0.4 is 0 Å². The number of fused-ring (bicyclic) bond motifs is 1. The first-order valence-electron chi connectivity index (χ1n) is 8.80. The normalized spacial score (nSPS) is 19.9. The zero-order chi connectivity index (χ0) is 17.7. The maximum Gasteiger partial charge on any atom is 0.141 e. The van der Waals surface area contributed by atoms with E-state index in [2.05, 4.69) is 37.6 Å². The molecule has 1 N–H and O–H groups in total. The molecule has 26 heavy (non-hydrogen) atoms. The molecule has 0 unspecified atom stereocenters. The highest BCUT2D eigenvalue weighted by Crippen LogP contribution is 2.40. The molecule has 0 spiro atoms. The lowest BCUT2D eigenvalue weighted by molar-refractivity contribution is -0.0366. The summed E-state index contributed by atoms with van der Waals surface area (Å²) in [5.74, 6) is 0. The number of H-pyrrole nitrogens is 1. The summed E-state index contributed by atoms with van der Waals surface area (Å²) in [6.45, 7) is 5.76. The van der Waals surface area contributed by atoms with Gasteiger partial charge in [0.2, 0.25) is 0 Å². The van der Waals surface area contributed by atoms with E-state index >= 15 is 0 Å². The van der Waals surface area contributed by atoms with Gasteiger partial charge in [-0.1, -0.05) is 12.2 Å². The van der Waals surface area contributed by atoms with Crippen molar-refractivity contribution in [3.8, 4) is 17.3 Å².